The fourth-order valence-electron chi connectivity index (χ4n) is 7.44. The molecular weight excluding hydrogens is 623 g/mol. The molecule has 2 aliphatic heterocycles. The predicted molar refractivity (Wildman–Crippen MR) is 186 cm³/mol. The van der Waals surface area contributed by atoms with Crippen molar-refractivity contribution in [3.05, 3.63) is 99.2 Å². The van der Waals surface area contributed by atoms with E-state index in [4.69, 9.17) is 9.41 Å². The number of aryl methyl sites for hydroxylation is 2. The summed E-state index contributed by atoms with van der Waals surface area (Å²) in [5.41, 5.74) is 10.8. The molecule has 1 aromatic carbocycles. The van der Waals surface area contributed by atoms with E-state index in [1.807, 2.05) is 13.0 Å². The van der Waals surface area contributed by atoms with Gasteiger partial charge in [0.05, 0.1) is 18.3 Å². The maximum Gasteiger partial charge on any atom is 0.196 e. The number of hydrogen-bond donors (Lipinski definition) is 1. The highest BCUT2D eigenvalue weighted by Gasteiger charge is 2.38. The van der Waals surface area contributed by atoms with Gasteiger partial charge in [-0.25, -0.2) is 4.98 Å². The first-order valence-corrected chi connectivity index (χ1v) is 17.5. The number of fused-ring (bicyclic) bond motifs is 3. The van der Waals surface area contributed by atoms with Crippen LogP contribution in [-0.4, -0.2) is 62.1 Å². The topological polar surface area (TPSA) is 141 Å². The Kier molecular flexibility index (Phi) is 9.02. The van der Waals surface area contributed by atoms with Crippen molar-refractivity contribution in [2.45, 2.75) is 64.8 Å². The van der Waals surface area contributed by atoms with Crippen molar-refractivity contribution in [3.63, 3.8) is 0 Å². The molecule has 1 saturated heterocycles. The highest BCUT2D eigenvalue weighted by molar-refractivity contribution is 7.15. The molecule has 1 atom stereocenters. The van der Waals surface area contributed by atoms with Gasteiger partial charge in [0.1, 0.15) is 28.8 Å². The molecule has 1 aliphatic carbocycles. The minimum absolute atomic E-state index is 0.268. The maximum atomic E-state index is 10.9. The number of aldehydes is 1. The molecule has 5 aromatic rings. The third-order valence-electron chi connectivity index (χ3n) is 10.2. The van der Waals surface area contributed by atoms with Gasteiger partial charge in [0.25, 0.3) is 0 Å². The fourth-order valence-corrected chi connectivity index (χ4v) is 8.66. The molecule has 1 unspecified atom stereocenters. The molecule has 8 rings (SSSR count). The Balaban J connectivity index is 0.00000179. The van der Waals surface area contributed by atoms with Gasteiger partial charge in [0.15, 0.2) is 23.8 Å². The van der Waals surface area contributed by atoms with Gasteiger partial charge in [-0.15, -0.1) is 31.7 Å². The quantitative estimate of drug-likeness (QED) is 0.209. The lowest BCUT2D eigenvalue weighted by Gasteiger charge is -2.44. The number of anilines is 1. The fraction of sp³-hybridized carbons (Fsp3) is 0.417. The van der Waals surface area contributed by atoms with Crippen molar-refractivity contribution in [1.29, 1.82) is 0 Å². The van der Waals surface area contributed by atoms with Crippen molar-refractivity contribution in [2.75, 3.05) is 25.0 Å². The van der Waals surface area contributed by atoms with E-state index < -0.39 is 0 Å². The molecule has 248 valence electrons. The van der Waals surface area contributed by atoms with Crippen LogP contribution < -0.4 is 10.6 Å². The molecule has 4 aromatic heterocycles. The van der Waals surface area contributed by atoms with Crippen molar-refractivity contribution in [1.82, 2.24) is 29.9 Å². The Morgan fingerprint density at radius 3 is 2.40 bits per heavy atom. The number of rotatable bonds is 7. The van der Waals surface area contributed by atoms with E-state index in [1.165, 1.54) is 48.7 Å². The first-order valence-electron chi connectivity index (χ1n) is 16.7. The summed E-state index contributed by atoms with van der Waals surface area (Å²) < 4.78 is 7.81. The summed E-state index contributed by atoms with van der Waals surface area (Å²) in [4.78, 5) is 24.2. The number of piperidine rings is 1. The van der Waals surface area contributed by atoms with Crippen LogP contribution in [0, 0.1) is 32.6 Å². The maximum absolute atomic E-state index is 10.9. The predicted octanol–water partition coefficient (Wildman–Crippen LogP) is 5.96. The lowest BCUT2D eigenvalue weighted by Crippen LogP contribution is -2.39. The Hall–Kier alpha value is -4.55. The number of carbonyl (C=O) groups is 1. The lowest BCUT2D eigenvalue weighted by molar-refractivity contribution is 0.111. The molecule has 0 radical (unpaired) electrons. The Labute approximate surface area is 284 Å². The second-order valence-electron chi connectivity index (χ2n) is 12.8. The second kappa shape index (κ2) is 13.5. The molecule has 0 spiro atoms. The van der Waals surface area contributed by atoms with Crippen LogP contribution in [0.25, 0.3) is 5.00 Å². The van der Waals surface area contributed by atoms with Crippen LogP contribution in [0.1, 0.15) is 92.8 Å². The second-order valence-corrected chi connectivity index (χ2v) is 14.0. The average Bonchev–Trinajstić information content (AvgIpc) is 3.81. The number of aliphatic imine (C=N–C) groups is 1. The first-order chi connectivity index (χ1) is 23.5. The summed E-state index contributed by atoms with van der Waals surface area (Å²) in [6, 6.07) is 12.5. The van der Waals surface area contributed by atoms with Crippen LogP contribution in [0.5, 0.6) is 0 Å². The summed E-state index contributed by atoms with van der Waals surface area (Å²) in [6.45, 7) is 8.36. The number of thiophene rings is 1. The van der Waals surface area contributed by atoms with Gasteiger partial charge in [-0.2, -0.15) is 0 Å². The molecule has 0 amide bonds. The lowest BCUT2D eigenvalue weighted by atomic mass is 9.64. The Bertz CT molecular complexity index is 1900. The molecule has 48 heavy (non-hydrogen) atoms. The molecule has 0 bridgehead atoms. The molecule has 12 heteroatoms. The molecule has 11 nitrogen and oxygen atoms in total. The summed E-state index contributed by atoms with van der Waals surface area (Å²) in [6.07, 6.45) is 9.39. The molecule has 6 heterocycles. The first kappa shape index (κ1) is 32.0. The van der Waals surface area contributed by atoms with E-state index in [9.17, 15) is 4.79 Å². The summed E-state index contributed by atoms with van der Waals surface area (Å²) in [5, 5.41) is 18.4. The standard InChI is InChI=1S/C35H36N8O2S.CH5N/c1-20-21(2)46-35-32(20)33(37-29(18-31-36-12-15-45-31)34-41-38-22(3)43(34)35)25-6-4-23(5-7-25)26-16-27(17-26)24-10-13-42(14-11-24)30-9-8-28(19-44)39-40-30;1-2/h4-9,12,15,19,24,26-27,29H,10-11,13-14,16-18H2,1-3H3;2H2,1H3. The van der Waals surface area contributed by atoms with E-state index in [1.54, 1.807) is 29.9 Å². The van der Waals surface area contributed by atoms with Crippen LogP contribution in [0.2, 0.25) is 0 Å². The van der Waals surface area contributed by atoms with Crippen molar-refractivity contribution < 1.29 is 9.21 Å². The van der Waals surface area contributed by atoms with Gasteiger partial charge in [-0.1, -0.05) is 24.3 Å². The van der Waals surface area contributed by atoms with Gasteiger partial charge in [0, 0.05) is 29.1 Å². The molecule has 1 saturated carbocycles. The van der Waals surface area contributed by atoms with E-state index in [0.29, 0.717) is 23.9 Å². The number of nitrogens with two attached hydrogens (primary N) is 1. The van der Waals surface area contributed by atoms with Gasteiger partial charge in [-0.05, 0) is 94.5 Å². The number of carbonyl (C=O) groups excluding carboxylic acids is 1. The summed E-state index contributed by atoms with van der Waals surface area (Å²) >= 11 is 1.78. The van der Waals surface area contributed by atoms with Gasteiger partial charge in [-0.3, -0.25) is 14.4 Å². The Morgan fingerprint density at radius 2 is 1.73 bits per heavy atom. The van der Waals surface area contributed by atoms with Crippen LogP contribution in [-0.2, 0) is 6.42 Å². The van der Waals surface area contributed by atoms with Crippen LogP contribution in [0.4, 0.5) is 5.82 Å². The zero-order valence-corrected chi connectivity index (χ0v) is 28.7. The van der Waals surface area contributed by atoms with Crippen molar-refractivity contribution in [3.8, 4) is 5.00 Å². The van der Waals surface area contributed by atoms with Gasteiger partial charge >= 0.3 is 0 Å². The average molecular weight is 664 g/mol. The third kappa shape index (κ3) is 5.87. The SMILES string of the molecule is CN.Cc1sc2c(c1C)C(c1ccc(C3CC(C4CCN(c5ccc(C=O)nn5)CC4)C3)cc1)=NC(Cc1ncco1)c1nnc(C)n1-2. The van der Waals surface area contributed by atoms with E-state index >= 15 is 0 Å². The van der Waals surface area contributed by atoms with E-state index in [0.717, 1.165) is 70.5 Å². The monoisotopic (exact) mass is 663 g/mol. The zero-order chi connectivity index (χ0) is 33.4. The molecule has 3 aliphatic rings. The van der Waals surface area contributed by atoms with Crippen molar-refractivity contribution >= 4 is 29.2 Å². The third-order valence-corrected chi connectivity index (χ3v) is 11.4. The van der Waals surface area contributed by atoms with Gasteiger partial charge in [0.2, 0.25) is 0 Å². The largest absolute Gasteiger partial charge is 0.449 e. The minimum atomic E-state index is -0.268. The van der Waals surface area contributed by atoms with Crippen LogP contribution >= 0.6 is 11.3 Å². The highest BCUT2D eigenvalue weighted by atomic mass is 32.1. The van der Waals surface area contributed by atoms with Gasteiger partial charge < -0.3 is 15.1 Å². The number of benzene rings is 1. The normalized spacial score (nSPS) is 20.5. The zero-order valence-electron chi connectivity index (χ0n) is 27.8. The minimum Gasteiger partial charge on any atom is -0.449 e. The smallest absolute Gasteiger partial charge is 0.196 e. The summed E-state index contributed by atoms with van der Waals surface area (Å²) in [5.74, 6) is 5.31. The molecule has 2 fully saturated rings. The number of oxazole rings is 1. The number of hydrogen-bond acceptors (Lipinski definition) is 11. The molecule has 2 N–H and O–H groups in total. The molecular formula is C36H41N9O2S. The number of aromatic nitrogens is 6. The number of nitrogens with zero attached hydrogens (tertiary/aromatic N) is 8. The highest BCUT2D eigenvalue weighted by Crippen LogP contribution is 2.48. The summed E-state index contributed by atoms with van der Waals surface area (Å²) in [7, 11) is 1.50. The van der Waals surface area contributed by atoms with Crippen LogP contribution in [0.15, 0.2) is 58.3 Å². The van der Waals surface area contributed by atoms with Crippen LogP contribution in [0.3, 0.4) is 0 Å². The van der Waals surface area contributed by atoms with E-state index in [2.05, 4.69) is 78.7 Å². The van der Waals surface area contributed by atoms with E-state index in [-0.39, 0.29) is 6.04 Å². The Morgan fingerprint density at radius 1 is 0.958 bits per heavy atom. The van der Waals surface area contributed by atoms with Crippen molar-refractivity contribution in [2.24, 2.45) is 22.6 Å².